The summed E-state index contributed by atoms with van der Waals surface area (Å²) in [5, 5.41) is 0. The molecule has 1 saturated heterocycles. The van der Waals surface area contributed by atoms with E-state index < -0.39 is 0 Å². The molecule has 0 spiro atoms. The van der Waals surface area contributed by atoms with E-state index in [1.807, 2.05) is 32.0 Å². The SMILES string of the molecule is CC(C)OC(=O)c1cccc(-c2cccc(N3CCCC3)c2)c1. The number of nitrogens with zero attached hydrogens (tertiary/aromatic N) is 1. The van der Waals surface area contributed by atoms with Gasteiger partial charge in [0.15, 0.2) is 0 Å². The molecule has 3 heteroatoms. The highest BCUT2D eigenvalue weighted by molar-refractivity contribution is 5.91. The van der Waals surface area contributed by atoms with Crippen LogP contribution in [-0.2, 0) is 4.74 Å². The van der Waals surface area contributed by atoms with Crippen molar-refractivity contribution in [1.29, 1.82) is 0 Å². The Morgan fingerprint density at radius 1 is 1.00 bits per heavy atom. The van der Waals surface area contributed by atoms with Crippen molar-refractivity contribution < 1.29 is 9.53 Å². The molecule has 120 valence electrons. The van der Waals surface area contributed by atoms with Crippen LogP contribution in [-0.4, -0.2) is 25.2 Å². The third-order valence-electron chi connectivity index (χ3n) is 4.09. The number of hydrogen-bond donors (Lipinski definition) is 0. The summed E-state index contributed by atoms with van der Waals surface area (Å²) in [6, 6.07) is 16.2. The average Bonchev–Trinajstić information content (AvgIpc) is 3.09. The van der Waals surface area contributed by atoms with Crippen molar-refractivity contribution in [3.8, 4) is 11.1 Å². The fourth-order valence-electron chi connectivity index (χ4n) is 2.97. The van der Waals surface area contributed by atoms with Gasteiger partial charge in [-0.15, -0.1) is 0 Å². The Balaban J connectivity index is 1.86. The van der Waals surface area contributed by atoms with Gasteiger partial charge in [-0.3, -0.25) is 0 Å². The van der Waals surface area contributed by atoms with Crippen LogP contribution in [0.1, 0.15) is 37.0 Å². The highest BCUT2D eigenvalue weighted by Gasteiger charge is 2.14. The van der Waals surface area contributed by atoms with Crippen LogP contribution in [0.5, 0.6) is 0 Å². The first-order valence-corrected chi connectivity index (χ1v) is 8.30. The van der Waals surface area contributed by atoms with Gasteiger partial charge in [0, 0.05) is 18.8 Å². The van der Waals surface area contributed by atoms with E-state index in [9.17, 15) is 4.79 Å². The highest BCUT2D eigenvalue weighted by atomic mass is 16.5. The number of esters is 1. The largest absolute Gasteiger partial charge is 0.459 e. The molecule has 1 heterocycles. The lowest BCUT2D eigenvalue weighted by molar-refractivity contribution is 0.0378. The van der Waals surface area contributed by atoms with Gasteiger partial charge in [0.25, 0.3) is 0 Å². The number of carbonyl (C=O) groups excluding carboxylic acids is 1. The predicted octanol–water partition coefficient (Wildman–Crippen LogP) is 4.52. The zero-order chi connectivity index (χ0) is 16.2. The number of ether oxygens (including phenoxy) is 1. The van der Waals surface area contributed by atoms with Gasteiger partial charge in [-0.2, -0.15) is 0 Å². The molecule has 0 unspecified atom stereocenters. The number of anilines is 1. The van der Waals surface area contributed by atoms with Gasteiger partial charge in [-0.25, -0.2) is 4.79 Å². The quantitative estimate of drug-likeness (QED) is 0.778. The molecule has 3 nitrogen and oxygen atoms in total. The minimum atomic E-state index is -0.266. The van der Waals surface area contributed by atoms with Crippen molar-refractivity contribution in [3.63, 3.8) is 0 Å². The first-order valence-electron chi connectivity index (χ1n) is 8.30. The standard InChI is InChI=1S/C20H23NO2/c1-15(2)23-20(22)18-9-5-7-16(13-18)17-8-6-10-19(14-17)21-11-3-4-12-21/h5-10,13-15H,3-4,11-12H2,1-2H3. The van der Waals surface area contributed by atoms with Crippen LogP contribution in [0.3, 0.4) is 0 Å². The molecule has 0 atom stereocenters. The average molecular weight is 309 g/mol. The first-order chi connectivity index (χ1) is 11.1. The second-order valence-electron chi connectivity index (χ2n) is 6.28. The lowest BCUT2D eigenvalue weighted by atomic mass is 10.0. The summed E-state index contributed by atoms with van der Waals surface area (Å²) in [6.45, 7) is 5.98. The number of hydrogen-bond acceptors (Lipinski definition) is 3. The van der Waals surface area contributed by atoms with E-state index in [1.54, 1.807) is 6.07 Å². The van der Waals surface area contributed by atoms with Crippen molar-refractivity contribution in [2.24, 2.45) is 0 Å². The molecule has 1 aliphatic rings. The molecule has 1 fully saturated rings. The van der Waals surface area contributed by atoms with Crippen molar-refractivity contribution in [1.82, 2.24) is 0 Å². The van der Waals surface area contributed by atoms with E-state index in [-0.39, 0.29) is 12.1 Å². The Labute approximate surface area is 137 Å². The molecule has 1 aliphatic heterocycles. The zero-order valence-corrected chi connectivity index (χ0v) is 13.8. The van der Waals surface area contributed by atoms with Crippen LogP contribution in [0.2, 0.25) is 0 Å². The number of rotatable bonds is 4. The van der Waals surface area contributed by atoms with Crippen molar-refractivity contribution >= 4 is 11.7 Å². The summed E-state index contributed by atoms with van der Waals surface area (Å²) in [5.74, 6) is -0.266. The smallest absolute Gasteiger partial charge is 0.338 e. The summed E-state index contributed by atoms with van der Waals surface area (Å²) in [6.07, 6.45) is 2.42. The molecule has 0 saturated carbocycles. The van der Waals surface area contributed by atoms with Gasteiger partial charge >= 0.3 is 5.97 Å². The minimum Gasteiger partial charge on any atom is -0.459 e. The van der Waals surface area contributed by atoms with Crippen LogP contribution in [0, 0.1) is 0 Å². The third kappa shape index (κ3) is 3.73. The van der Waals surface area contributed by atoms with Crippen molar-refractivity contribution in [2.75, 3.05) is 18.0 Å². The predicted molar refractivity (Wildman–Crippen MR) is 93.9 cm³/mol. The fraction of sp³-hybridized carbons (Fsp3) is 0.350. The molecule has 0 aromatic heterocycles. The number of carbonyl (C=O) groups is 1. The maximum absolute atomic E-state index is 12.1. The van der Waals surface area contributed by atoms with Crippen LogP contribution < -0.4 is 4.90 Å². The fourth-order valence-corrected chi connectivity index (χ4v) is 2.97. The summed E-state index contributed by atoms with van der Waals surface area (Å²) in [4.78, 5) is 14.5. The number of benzene rings is 2. The molecule has 0 N–H and O–H groups in total. The van der Waals surface area contributed by atoms with E-state index in [2.05, 4.69) is 29.2 Å². The third-order valence-corrected chi connectivity index (χ3v) is 4.09. The second kappa shape index (κ2) is 6.86. The van der Waals surface area contributed by atoms with Crippen LogP contribution in [0.4, 0.5) is 5.69 Å². The van der Waals surface area contributed by atoms with E-state index in [4.69, 9.17) is 4.74 Å². The molecule has 0 radical (unpaired) electrons. The van der Waals surface area contributed by atoms with Crippen LogP contribution >= 0.6 is 0 Å². The van der Waals surface area contributed by atoms with Gasteiger partial charge in [-0.1, -0.05) is 24.3 Å². The summed E-state index contributed by atoms with van der Waals surface area (Å²) < 4.78 is 5.28. The summed E-state index contributed by atoms with van der Waals surface area (Å²) in [7, 11) is 0. The summed E-state index contributed by atoms with van der Waals surface area (Å²) in [5.41, 5.74) is 4.04. The van der Waals surface area contributed by atoms with Gasteiger partial charge in [0.2, 0.25) is 0 Å². The van der Waals surface area contributed by atoms with E-state index in [1.165, 1.54) is 18.5 Å². The van der Waals surface area contributed by atoms with Gasteiger partial charge in [0.05, 0.1) is 11.7 Å². The maximum atomic E-state index is 12.1. The molecule has 23 heavy (non-hydrogen) atoms. The molecule has 2 aromatic carbocycles. The highest BCUT2D eigenvalue weighted by Crippen LogP contribution is 2.27. The topological polar surface area (TPSA) is 29.5 Å². The second-order valence-corrected chi connectivity index (χ2v) is 6.28. The molecular formula is C20H23NO2. The van der Waals surface area contributed by atoms with Crippen LogP contribution in [0.15, 0.2) is 48.5 Å². The lowest BCUT2D eigenvalue weighted by Gasteiger charge is -2.18. The monoisotopic (exact) mass is 309 g/mol. The Bertz CT molecular complexity index is 688. The van der Waals surface area contributed by atoms with E-state index in [0.717, 1.165) is 24.2 Å². The van der Waals surface area contributed by atoms with Crippen LogP contribution in [0.25, 0.3) is 11.1 Å². The Morgan fingerprint density at radius 2 is 1.65 bits per heavy atom. The molecule has 0 bridgehead atoms. The molecule has 2 aromatic rings. The van der Waals surface area contributed by atoms with Gasteiger partial charge < -0.3 is 9.64 Å². The van der Waals surface area contributed by atoms with Gasteiger partial charge in [-0.05, 0) is 62.1 Å². The molecule has 0 aliphatic carbocycles. The maximum Gasteiger partial charge on any atom is 0.338 e. The van der Waals surface area contributed by atoms with E-state index in [0.29, 0.717) is 5.56 Å². The molecule has 0 amide bonds. The Hall–Kier alpha value is -2.29. The van der Waals surface area contributed by atoms with Gasteiger partial charge in [0.1, 0.15) is 0 Å². The molecular weight excluding hydrogens is 286 g/mol. The summed E-state index contributed by atoms with van der Waals surface area (Å²) >= 11 is 0. The Kier molecular flexibility index (Phi) is 4.65. The Morgan fingerprint density at radius 3 is 2.35 bits per heavy atom. The zero-order valence-electron chi connectivity index (χ0n) is 13.8. The minimum absolute atomic E-state index is 0.107. The molecule has 3 rings (SSSR count). The normalized spacial score (nSPS) is 14.3. The first kappa shape index (κ1) is 15.6. The lowest BCUT2D eigenvalue weighted by Crippen LogP contribution is -2.17. The van der Waals surface area contributed by atoms with Crippen molar-refractivity contribution in [2.45, 2.75) is 32.8 Å². The van der Waals surface area contributed by atoms with Crippen molar-refractivity contribution in [3.05, 3.63) is 54.1 Å². The van der Waals surface area contributed by atoms with E-state index >= 15 is 0 Å².